The summed E-state index contributed by atoms with van der Waals surface area (Å²) in [5.74, 6) is -0.716. The van der Waals surface area contributed by atoms with Crippen LogP contribution in [0, 0.1) is 11.2 Å². The molecule has 1 unspecified atom stereocenters. The van der Waals surface area contributed by atoms with Crippen LogP contribution in [0.15, 0.2) is 24.3 Å². The Balaban J connectivity index is 1.78. The van der Waals surface area contributed by atoms with Crippen LogP contribution >= 0.6 is 0 Å². The Bertz CT molecular complexity index is 592. The van der Waals surface area contributed by atoms with Crippen molar-refractivity contribution < 1.29 is 19.1 Å². The van der Waals surface area contributed by atoms with Crippen molar-refractivity contribution in [3.05, 3.63) is 30.1 Å². The fraction of sp³-hybridized carbons (Fsp3) is 0.467. The molecule has 21 heavy (non-hydrogen) atoms. The highest BCUT2D eigenvalue weighted by molar-refractivity contribution is 5.96. The van der Waals surface area contributed by atoms with E-state index in [4.69, 9.17) is 5.11 Å². The third kappa shape index (κ3) is 2.51. The summed E-state index contributed by atoms with van der Waals surface area (Å²) >= 11 is 0. The normalized spacial score (nSPS) is 25.1. The Hall–Kier alpha value is -1.95. The zero-order chi connectivity index (χ0) is 15.0. The minimum atomic E-state index is -0.502. The average Bonchev–Trinajstić information content (AvgIpc) is 3.02. The lowest BCUT2D eigenvalue weighted by Gasteiger charge is -2.24. The third-order valence-corrected chi connectivity index (χ3v) is 4.37. The van der Waals surface area contributed by atoms with Gasteiger partial charge in [0.2, 0.25) is 11.8 Å². The number of benzene rings is 1. The van der Waals surface area contributed by atoms with E-state index in [2.05, 4.69) is 0 Å². The van der Waals surface area contributed by atoms with Crippen LogP contribution in [0.2, 0.25) is 0 Å². The molecule has 2 amide bonds. The van der Waals surface area contributed by atoms with Gasteiger partial charge in [-0.1, -0.05) is 6.07 Å². The van der Waals surface area contributed by atoms with Gasteiger partial charge in [-0.05, 0) is 24.6 Å². The SMILES string of the molecule is O=C(CO)N1CCC2(CC(=O)N(c3cccc(F)c3)C2)C1. The van der Waals surface area contributed by atoms with E-state index in [0.29, 0.717) is 31.7 Å². The van der Waals surface area contributed by atoms with Crippen molar-refractivity contribution in [3.63, 3.8) is 0 Å². The Labute approximate surface area is 122 Å². The summed E-state index contributed by atoms with van der Waals surface area (Å²) in [6.07, 6.45) is 1.09. The van der Waals surface area contributed by atoms with Crippen molar-refractivity contribution in [2.75, 3.05) is 31.1 Å². The van der Waals surface area contributed by atoms with Gasteiger partial charge in [0.15, 0.2) is 0 Å². The molecule has 0 saturated carbocycles. The van der Waals surface area contributed by atoms with Crippen LogP contribution in [0.5, 0.6) is 0 Å². The van der Waals surface area contributed by atoms with Gasteiger partial charge in [-0.2, -0.15) is 0 Å². The van der Waals surface area contributed by atoms with Gasteiger partial charge in [-0.25, -0.2) is 4.39 Å². The van der Waals surface area contributed by atoms with E-state index in [1.807, 2.05) is 0 Å². The van der Waals surface area contributed by atoms with Gasteiger partial charge in [0.1, 0.15) is 12.4 Å². The molecule has 3 rings (SSSR count). The fourth-order valence-corrected chi connectivity index (χ4v) is 3.30. The smallest absolute Gasteiger partial charge is 0.248 e. The van der Waals surface area contributed by atoms with Gasteiger partial charge in [0.25, 0.3) is 0 Å². The van der Waals surface area contributed by atoms with Gasteiger partial charge in [-0.3, -0.25) is 9.59 Å². The molecule has 2 aliphatic rings. The number of hydrogen-bond donors (Lipinski definition) is 1. The zero-order valence-electron chi connectivity index (χ0n) is 11.6. The Morgan fingerprint density at radius 2 is 2.19 bits per heavy atom. The number of carbonyl (C=O) groups is 2. The molecule has 1 spiro atoms. The van der Waals surface area contributed by atoms with E-state index in [0.717, 1.165) is 6.42 Å². The number of nitrogens with zero attached hydrogens (tertiary/aromatic N) is 2. The lowest BCUT2D eigenvalue weighted by molar-refractivity contribution is -0.133. The van der Waals surface area contributed by atoms with Crippen molar-refractivity contribution >= 4 is 17.5 Å². The lowest BCUT2D eigenvalue weighted by Crippen LogP contribution is -2.35. The maximum absolute atomic E-state index is 13.3. The monoisotopic (exact) mass is 292 g/mol. The molecule has 2 fully saturated rings. The van der Waals surface area contributed by atoms with E-state index >= 15 is 0 Å². The van der Waals surface area contributed by atoms with Gasteiger partial charge >= 0.3 is 0 Å². The van der Waals surface area contributed by atoms with Crippen LogP contribution in [0.4, 0.5) is 10.1 Å². The van der Waals surface area contributed by atoms with Crippen molar-refractivity contribution in [2.24, 2.45) is 5.41 Å². The van der Waals surface area contributed by atoms with E-state index in [9.17, 15) is 14.0 Å². The van der Waals surface area contributed by atoms with Crippen LogP contribution in [0.3, 0.4) is 0 Å². The summed E-state index contributed by atoms with van der Waals surface area (Å²) in [4.78, 5) is 27.0. The molecule has 112 valence electrons. The molecule has 1 aromatic rings. The highest BCUT2D eigenvalue weighted by Gasteiger charge is 2.48. The predicted molar refractivity (Wildman–Crippen MR) is 74.1 cm³/mol. The van der Waals surface area contributed by atoms with Crippen molar-refractivity contribution in [3.8, 4) is 0 Å². The van der Waals surface area contributed by atoms with E-state index in [-0.39, 0.29) is 23.0 Å². The molecule has 2 saturated heterocycles. The minimum Gasteiger partial charge on any atom is -0.387 e. The number of rotatable bonds is 2. The molecule has 0 aliphatic carbocycles. The second-order valence-corrected chi connectivity index (χ2v) is 5.86. The van der Waals surface area contributed by atoms with Crippen LogP contribution in [-0.2, 0) is 9.59 Å². The Kier molecular flexibility index (Phi) is 3.41. The zero-order valence-corrected chi connectivity index (χ0v) is 11.6. The standard InChI is InChI=1S/C15H17FN2O3/c16-11-2-1-3-12(6-11)18-10-15(7-13(18)20)4-5-17(9-15)14(21)8-19/h1-3,6,19H,4-5,7-10H2. The number of aliphatic hydroxyl groups is 1. The second kappa shape index (κ2) is 5.11. The fourth-order valence-electron chi connectivity index (χ4n) is 3.30. The topological polar surface area (TPSA) is 60.9 Å². The average molecular weight is 292 g/mol. The Morgan fingerprint density at radius 1 is 1.38 bits per heavy atom. The Morgan fingerprint density at radius 3 is 2.90 bits per heavy atom. The molecular formula is C15H17FN2O3. The molecule has 1 N–H and O–H groups in total. The van der Waals surface area contributed by atoms with Crippen LogP contribution < -0.4 is 4.90 Å². The maximum atomic E-state index is 13.3. The predicted octanol–water partition coefficient (Wildman–Crippen LogP) is 0.773. The molecule has 2 aliphatic heterocycles. The first kappa shape index (κ1) is 14.0. The molecular weight excluding hydrogens is 275 g/mol. The lowest BCUT2D eigenvalue weighted by atomic mass is 9.86. The number of hydrogen-bond acceptors (Lipinski definition) is 3. The summed E-state index contributed by atoms with van der Waals surface area (Å²) in [7, 11) is 0. The quantitative estimate of drug-likeness (QED) is 0.876. The van der Waals surface area contributed by atoms with Crippen molar-refractivity contribution in [1.29, 1.82) is 0 Å². The van der Waals surface area contributed by atoms with Gasteiger partial charge in [-0.15, -0.1) is 0 Å². The number of amides is 2. The first-order chi connectivity index (χ1) is 10.0. The maximum Gasteiger partial charge on any atom is 0.248 e. The minimum absolute atomic E-state index is 0.0427. The summed E-state index contributed by atoms with van der Waals surface area (Å²) in [5, 5.41) is 8.93. The first-order valence-corrected chi connectivity index (χ1v) is 6.98. The largest absolute Gasteiger partial charge is 0.387 e. The molecule has 0 radical (unpaired) electrons. The number of likely N-dealkylation sites (tertiary alicyclic amines) is 1. The number of anilines is 1. The first-order valence-electron chi connectivity index (χ1n) is 6.98. The summed E-state index contributed by atoms with van der Waals surface area (Å²) in [5.41, 5.74) is 0.289. The summed E-state index contributed by atoms with van der Waals surface area (Å²) in [6.45, 7) is 1.02. The molecule has 0 aromatic heterocycles. The van der Waals surface area contributed by atoms with Crippen LogP contribution in [-0.4, -0.2) is 48.1 Å². The van der Waals surface area contributed by atoms with Crippen LogP contribution in [0.1, 0.15) is 12.8 Å². The van der Waals surface area contributed by atoms with Gasteiger partial charge < -0.3 is 14.9 Å². The summed E-state index contributed by atoms with van der Waals surface area (Å²) in [6, 6.07) is 5.99. The van der Waals surface area contributed by atoms with E-state index in [1.165, 1.54) is 12.1 Å². The van der Waals surface area contributed by atoms with Gasteiger partial charge in [0.05, 0.1) is 0 Å². The third-order valence-electron chi connectivity index (χ3n) is 4.37. The number of aliphatic hydroxyl groups excluding tert-OH is 1. The number of halogens is 1. The molecule has 6 heteroatoms. The summed E-state index contributed by atoms with van der Waals surface area (Å²) < 4.78 is 13.3. The van der Waals surface area contributed by atoms with Gasteiger partial charge in [0, 0.05) is 37.2 Å². The molecule has 2 heterocycles. The van der Waals surface area contributed by atoms with E-state index in [1.54, 1.807) is 21.9 Å². The second-order valence-electron chi connectivity index (χ2n) is 5.86. The van der Waals surface area contributed by atoms with E-state index < -0.39 is 6.61 Å². The highest BCUT2D eigenvalue weighted by Crippen LogP contribution is 2.41. The number of carbonyl (C=O) groups excluding carboxylic acids is 2. The molecule has 5 nitrogen and oxygen atoms in total. The molecule has 0 bridgehead atoms. The highest BCUT2D eigenvalue weighted by atomic mass is 19.1. The van der Waals surface area contributed by atoms with Crippen LogP contribution in [0.25, 0.3) is 0 Å². The van der Waals surface area contributed by atoms with Crippen molar-refractivity contribution in [1.82, 2.24) is 4.90 Å². The molecule has 1 atom stereocenters. The van der Waals surface area contributed by atoms with Crippen molar-refractivity contribution in [2.45, 2.75) is 12.8 Å². The molecule has 1 aromatic carbocycles.